The molecule has 2 aliphatic rings. The van der Waals surface area contributed by atoms with Crippen molar-refractivity contribution in [1.82, 2.24) is 16.0 Å². The molecule has 0 aliphatic carbocycles. The van der Waals surface area contributed by atoms with Crippen LogP contribution < -0.4 is 16.0 Å². The molecule has 0 saturated carbocycles. The van der Waals surface area contributed by atoms with Gasteiger partial charge in [-0.3, -0.25) is 9.79 Å². The van der Waals surface area contributed by atoms with Gasteiger partial charge in [0.15, 0.2) is 5.96 Å². The van der Waals surface area contributed by atoms with Crippen molar-refractivity contribution in [2.75, 3.05) is 20.1 Å². The van der Waals surface area contributed by atoms with Gasteiger partial charge < -0.3 is 20.7 Å². The number of guanidine groups is 1. The molecular weight excluding hydrogens is 395 g/mol. The van der Waals surface area contributed by atoms with Gasteiger partial charge in [-0.05, 0) is 40.0 Å². The van der Waals surface area contributed by atoms with E-state index in [1.54, 1.807) is 7.05 Å². The highest BCUT2D eigenvalue weighted by atomic mass is 127. The highest BCUT2D eigenvalue weighted by Crippen LogP contribution is 2.34. The number of ether oxygens (including phenoxy) is 1. The standard InChI is InChI=1S/C15H28N4O2.HI/c1-5-17-14(18-9-15(2,3)13(20)16-4)19-11-8-10-6-7-12(11)21-10;/h10-12H,5-9H2,1-4H3,(H,16,20)(H2,17,18,19);1H. The van der Waals surface area contributed by atoms with E-state index in [4.69, 9.17) is 4.74 Å². The van der Waals surface area contributed by atoms with E-state index in [9.17, 15) is 4.79 Å². The van der Waals surface area contributed by atoms with E-state index in [1.807, 2.05) is 20.8 Å². The maximum absolute atomic E-state index is 11.8. The van der Waals surface area contributed by atoms with Crippen molar-refractivity contribution in [3.63, 3.8) is 0 Å². The molecule has 3 unspecified atom stereocenters. The Morgan fingerprint density at radius 1 is 1.36 bits per heavy atom. The molecule has 22 heavy (non-hydrogen) atoms. The van der Waals surface area contributed by atoms with Crippen molar-refractivity contribution in [3.8, 4) is 0 Å². The molecule has 2 heterocycles. The van der Waals surface area contributed by atoms with Crippen LogP contribution in [0.2, 0.25) is 0 Å². The summed E-state index contributed by atoms with van der Waals surface area (Å²) in [4.78, 5) is 16.4. The lowest BCUT2D eigenvalue weighted by Crippen LogP contribution is -2.48. The minimum absolute atomic E-state index is 0. The molecule has 0 aromatic heterocycles. The minimum Gasteiger partial charge on any atom is -0.373 e. The summed E-state index contributed by atoms with van der Waals surface area (Å²) in [5.41, 5.74) is -0.512. The van der Waals surface area contributed by atoms with Gasteiger partial charge in [-0.1, -0.05) is 0 Å². The molecule has 3 atom stereocenters. The Bertz CT molecular complexity index is 414. The first-order valence-corrected chi connectivity index (χ1v) is 7.88. The molecule has 2 bridgehead atoms. The molecule has 2 fully saturated rings. The molecule has 1 amide bonds. The van der Waals surface area contributed by atoms with E-state index in [0.29, 0.717) is 24.8 Å². The normalized spacial score (nSPS) is 27.3. The average Bonchev–Trinajstić information content (AvgIpc) is 3.06. The number of nitrogens with zero attached hydrogens (tertiary/aromatic N) is 1. The van der Waals surface area contributed by atoms with Crippen molar-refractivity contribution in [3.05, 3.63) is 0 Å². The van der Waals surface area contributed by atoms with Crippen molar-refractivity contribution in [2.24, 2.45) is 10.4 Å². The van der Waals surface area contributed by atoms with Gasteiger partial charge in [-0.2, -0.15) is 0 Å². The van der Waals surface area contributed by atoms with Crippen LogP contribution in [0.15, 0.2) is 4.99 Å². The van der Waals surface area contributed by atoms with Gasteiger partial charge in [-0.15, -0.1) is 24.0 Å². The Kier molecular flexibility index (Phi) is 7.37. The fourth-order valence-electron chi connectivity index (χ4n) is 2.97. The first kappa shape index (κ1) is 19.5. The number of halogens is 1. The van der Waals surface area contributed by atoms with E-state index in [-0.39, 0.29) is 29.9 Å². The number of nitrogens with one attached hydrogen (secondary N) is 3. The summed E-state index contributed by atoms with van der Waals surface area (Å²) in [6.45, 7) is 7.09. The van der Waals surface area contributed by atoms with Crippen molar-refractivity contribution in [2.45, 2.75) is 58.3 Å². The molecule has 0 spiro atoms. The van der Waals surface area contributed by atoms with Gasteiger partial charge in [0.25, 0.3) is 0 Å². The monoisotopic (exact) mass is 424 g/mol. The SMILES string of the molecule is CCNC(=NCC(C)(C)C(=O)NC)NC1CC2CCC1O2.I. The van der Waals surface area contributed by atoms with Gasteiger partial charge in [0.05, 0.1) is 30.2 Å². The van der Waals surface area contributed by atoms with Gasteiger partial charge in [0.1, 0.15) is 0 Å². The number of carbonyl (C=O) groups is 1. The molecule has 2 saturated heterocycles. The summed E-state index contributed by atoms with van der Waals surface area (Å²) in [5.74, 6) is 0.779. The zero-order valence-corrected chi connectivity index (χ0v) is 16.3. The number of rotatable bonds is 5. The van der Waals surface area contributed by atoms with E-state index in [0.717, 1.165) is 25.3 Å². The predicted molar refractivity (Wildman–Crippen MR) is 98.7 cm³/mol. The van der Waals surface area contributed by atoms with Crippen LogP contribution in [0.5, 0.6) is 0 Å². The minimum atomic E-state index is -0.512. The molecule has 2 aliphatic heterocycles. The Morgan fingerprint density at radius 3 is 2.59 bits per heavy atom. The number of hydrogen-bond acceptors (Lipinski definition) is 3. The molecule has 7 heteroatoms. The molecule has 0 aromatic rings. The average molecular weight is 424 g/mol. The Morgan fingerprint density at radius 2 is 2.09 bits per heavy atom. The Balaban J connectivity index is 0.00000242. The summed E-state index contributed by atoms with van der Waals surface area (Å²) >= 11 is 0. The topological polar surface area (TPSA) is 74.8 Å². The largest absolute Gasteiger partial charge is 0.373 e. The summed E-state index contributed by atoms with van der Waals surface area (Å²) in [7, 11) is 1.66. The lowest BCUT2D eigenvalue weighted by Gasteiger charge is -2.24. The summed E-state index contributed by atoms with van der Waals surface area (Å²) in [5, 5.41) is 9.40. The van der Waals surface area contributed by atoms with E-state index in [1.165, 1.54) is 6.42 Å². The maximum atomic E-state index is 11.8. The number of carbonyl (C=O) groups excluding carboxylic acids is 1. The zero-order chi connectivity index (χ0) is 15.5. The van der Waals surface area contributed by atoms with Crippen LogP contribution in [-0.4, -0.2) is 50.3 Å². The van der Waals surface area contributed by atoms with Gasteiger partial charge in [0, 0.05) is 13.6 Å². The summed E-state index contributed by atoms with van der Waals surface area (Å²) in [6.07, 6.45) is 4.09. The van der Waals surface area contributed by atoms with Crippen molar-refractivity contribution >= 4 is 35.8 Å². The number of fused-ring (bicyclic) bond motifs is 2. The molecule has 3 N–H and O–H groups in total. The van der Waals surface area contributed by atoms with Crippen LogP contribution in [0.4, 0.5) is 0 Å². The first-order chi connectivity index (χ1) is 9.96. The van der Waals surface area contributed by atoms with Crippen LogP contribution in [0.25, 0.3) is 0 Å². The van der Waals surface area contributed by atoms with Crippen LogP contribution in [0.3, 0.4) is 0 Å². The summed E-state index contributed by atoms with van der Waals surface area (Å²) in [6, 6.07) is 0.338. The third-order valence-electron chi connectivity index (χ3n) is 4.25. The van der Waals surface area contributed by atoms with Crippen molar-refractivity contribution < 1.29 is 9.53 Å². The molecule has 0 radical (unpaired) electrons. The van der Waals surface area contributed by atoms with Gasteiger partial charge >= 0.3 is 0 Å². The maximum Gasteiger partial charge on any atom is 0.227 e. The first-order valence-electron chi connectivity index (χ1n) is 7.88. The zero-order valence-electron chi connectivity index (χ0n) is 13.9. The molecular formula is C15H29IN4O2. The number of hydrogen-bond donors (Lipinski definition) is 3. The van der Waals surface area contributed by atoms with Gasteiger partial charge in [-0.25, -0.2) is 0 Å². The molecule has 128 valence electrons. The lowest BCUT2D eigenvalue weighted by molar-refractivity contribution is -0.128. The number of aliphatic imine (C=N–C) groups is 1. The smallest absolute Gasteiger partial charge is 0.227 e. The lowest BCUT2D eigenvalue weighted by atomic mass is 9.92. The van der Waals surface area contributed by atoms with Crippen LogP contribution in [0, 0.1) is 5.41 Å². The second-order valence-electron chi connectivity index (χ2n) is 6.52. The number of amides is 1. The third-order valence-corrected chi connectivity index (χ3v) is 4.25. The van der Waals surface area contributed by atoms with Crippen LogP contribution in [-0.2, 0) is 9.53 Å². The second-order valence-corrected chi connectivity index (χ2v) is 6.52. The predicted octanol–water partition coefficient (Wildman–Crippen LogP) is 1.25. The Labute approximate surface area is 150 Å². The summed E-state index contributed by atoms with van der Waals surface area (Å²) < 4.78 is 5.86. The molecule has 2 rings (SSSR count). The van der Waals surface area contributed by atoms with Crippen LogP contribution >= 0.6 is 24.0 Å². The quantitative estimate of drug-likeness (QED) is 0.353. The van der Waals surface area contributed by atoms with Crippen molar-refractivity contribution in [1.29, 1.82) is 0 Å². The fraction of sp³-hybridized carbons (Fsp3) is 0.867. The van der Waals surface area contributed by atoms with Crippen LogP contribution in [0.1, 0.15) is 40.0 Å². The third kappa shape index (κ3) is 4.71. The second kappa shape index (κ2) is 8.33. The van der Waals surface area contributed by atoms with Gasteiger partial charge in [0.2, 0.25) is 5.91 Å². The highest BCUT2D eigenvalue weighted by Gasteiger charge is 2.41. The van der Waals surface area contributed by atoms with E-state index >= 15 is 0 Å². The Hall–Kier alpha value is -0.570. The fourth-order valence-corrected chi connectivity index (χ4v) is 2.97. The van der Waals surface area contributed by atoms with E-state index in [2.05, 4.69) is 20.9 Å². The van der Waals surface area contributed by atoms with E-state index < -0.39 is 5.41 Å². The molecule has 0 aromatic carbocycles. The molecule has 6 nitrogen and oxygen atoms in total. The highest BCUT2D eigenvalue weighted by molar-refractivity contribution is 14.0.